The van der Waals surface area contributed by atoms with E-state index in [-0.39, 0.29) is 17.9 Å². The monoisotopic (exact) mass is 443 g/mol. The van der Waals surface area contributed by atoms with Gasteiger partial charge in [0, 0.05) is 6.42 Å². The van der Waals surface area contributed by atoms with E-state index in [9.17, 15) is 18.3 Å². The number of aliphatic hydroxyl groups is 1. The van der Waals surface area contributed by atoms with Crippen molar-refractivity contribution in [1.82, 2.24) is 9.78 Å². The zero-order valence-electron chi connectivity index (χ0n) is 10.9. The number of alkyl halides is 3. The molecule has 0 saturated heterocycles. The molecule has 3 heterocycles. The SMILES string of the molecule is OCc1nn2c(c1Br)N[C@H](c1ccc(Br)o1)C[C@H]2C(F)(F)F. The van der Waals surface area contributed by atoms with Gasteiger partial charge in [-0.1, -0.05) is 0 Å². The van der Waals surface area contributed by atoms with Crippen LogP contribution in [0.4, 0.5) is 19.0 Å². The molecule has 0 aliphatic carbocycles. The number of fused-ring (bicyclic) bond motifs is 1. The summed E-state index contributed by atoms with van der Waals surface area (Å²) < 4.78 is 47.1. The maximum Gasteiger partial charge on any atom is 0.410 e. The summed E-state index contributed by atoms with van der Waals surface area (Å²) in [6, 6.07) is 0.793. The van der Waals surface area contributed by atoms with Crippen molar-refractivity contribution in [3.8, 4) is 0 Å². The molecule has 0 bridgehead atoms. The van der Waals surface area contributed by atoms with Crippen molar-refractivity contribution in [1.29, 1.82) is 0 Å². The molecule has 0 fully saturated rings. The third-order valence-electron chi connectivity index (χ3n) is 3.45. The summed E-state index contributed by atoms with van der Waals surface area (Å²) in [5, 5.41) is 16.0. The topological polar surface area (TPSA) is 63.2 Å². The van der Waals surface area contributed by atoms with Crippen LogP contribution in [0.15, 0.2) is 25.7 Å². The quantitative estimate of drug-likeness (QED) is 0.730. The van der Waals surface area contributed by atoms with Gasteiger partial charge in [0.15, 0.2) is 10.7 Å². The van der Waals surface area contributed by atoms with E-state index in [1.54, 1.807) is 12.1 Å². The molecule has 2 aromatic rings. The van der Waals surface area contributed by atoms with Gasteiger partial charge in [-0.25, -0.2) is 4.68 Å². The summed E-state index contributed by atoms with van der Waals surface area (Å²) >= 11 is 6.32. The zero-order chi connectivity index (χ0) is 16.1. The van der Waals surface area contributed by atoms with Crippen molar-refractivity contribution < 1.29 is 22.7 Å². The highest BCUT2D eigenvalue weighted by Gasteiger charge is 2.47. The Morgan fingerprint density at radius 3 is 2.68 bits per heavy atom. The van der Waals surface area contributed by atoms with Crippen LogP contribution in [0.5, 0.6) is 0 Å². The Balaban J connectivity index is 2.06. The highest BCUT2D eigenvalue weighted by molar-refractivity contribution is 9.10. The molecule has 0 radical (unpaired) electrons. The number of aromatic nitrogens is 2. The number of hydrogen-bond acceptors (Lipinski definition) is 4. The van der Waals surface area contributed by atoms with E-state index in [0.29, 0.717) is 14.9 Å². The third-order valence-corrected chi connectivity index (χ3v) is 4.71. The first-order valence-corrected chi connectivity index (χ1v) is 7.86. The van der Waals surface area contributed by atoms with Gasteiger partial charge in [-0.15, -0.1) is 0 Å². The Bertz CT molecular complexity index is 698. The van der Waals surface area contributed by atoms with Gasteiger partial charge in [0.05, 0.1) is 17.1 Å². The molecule has 2 aromatic heterocycles. The molecule has 2 N–H and O–H groups in total. The van der Waals surface area contributed by atoms with Gasteiger partial charge in [-0.3, -0.25) is 0 Å². The van der Waals surface area contributed by atoms with Gasteiger partial charge in [-0.05, 0) is 44.0 Å². The lowest BCUT2D eigenvalue weighted by atomic mass is 10.0. The van der Waals surface area contributed by atoms with Crippen LogP contribution in [-0.2, 0) is 6.61 Å². The minimum Gasteiger partial charge on any atom is -0.452 e. The molecule has 0 spiro atoms. The maximum absolute atomic E-state index is 13.4. The molecule has 10 heteroatoms. The van der Waals surface area contributed by atoms with Gasteiger partial charge in [0.2, 0.25) is 0 Å². The number of anilines is 1. The lowest BCUT2D eigenvalue weighted by molar-refractivity contribution is -0.174. The second-order valence-electron chi connectivity index (χ2n) is 4.84. The molecule has 1 aliphatic rings. The maximum atomic E-state index is 13.4. The molecule has 3 rings (SSSR count). The summed E-state index contributed by atoms with van der Waals surface area (Å²) in [5.74, 6) is 0.571. The number of aliphatic hydroxyl groups excluding tert-OH is 1. The standard InChI is InChI=1S/C12H10Br2F3N3O2/c13-9-2-1-7(22-9)5-3-8(12(15,16)17)20-11(18-5)10(14)6(4-21)19-20/h1-2,5,8,18,21H,3-4H2/t5-,8-/m0/s1. The summed E-state index contributed by atoms with van der Waals surface area (Å²) in [7, 11) is 0. The Labute approximate surface area is 139 Å². The number of nitrogens with zero attached hydrogens (tertiary/aromatic N) is 2. The fourth-order valence-electron chi connectivity index (χ4n) is 2.44. The molecule has 0 amide bonds. The van der Waals surface area contributed by atoms with Gasteiger partial charge >= 0.3 is 6.18 Å². The average Bonchev–Trinajstić information content (AvgIpc) is 3.01. The van der Waals surface area contributed by atoms with Crippen molar-refractivity contribution in [3.63, 3.8) is 0 Å². The van der Waals surface area contributed by atoms with E-state index in [1.807, 2.05) is 0 Å². The second-order valence-corrected chi connectivity index (χ2v) is 6.42. The Kier molecular flexibility index (Phi) is 4.02. The molecule has 1 aliphatic heterocycles. The van der Waals surface area contributed by atoms with Gasteiger partial charge < -0.3 is 14.8 Å². The van der Waals surface area contributed by atoms with E-state index >= 15 is 0 Å². The van der Waals surface area contributed by atoms with Crippen molar-refractivity contribution in [3.05, 3.63) is 32.7 Å². The summed E-state index contributed by atoms with van der Waals surface area (Å²) in [6.45, 7) is -0.455. The molecular weight excluding hydrogens is 435 g/mol. The van der Waals surface area contributed by atoms with Crippen molar-refractivity contribution in [2.75, 3.05) is 5.32 Å². The number of furan rings is 1. The lowest BCUT2D eigenvalue weighted by Crippen LogP contribution is -2.35. The number of rotatable bonds is 2. The van der Waals surface area contributed by atoms with E-state index in [0.717, 1.165) is 4.68 Å². The fourth-order valence-corrected chi connectivity index (χ4v) is 3.26. The fraction of sp³-hybridized carbons (Fsp3) is 0.417. The highest BCUT2D eigenvalue weighted by atomic mass is 79.9. The predicted octanol–water partition coefficient (Wildman–Crippen LogP) is 4.15. The molecule has 120 valence electrons. The van der Waals surface area contributed by atoms with Gasteiger partial charge in [0.1, 0.15) is 17.3 Å². The summed E-state index contributed by atoms with van der Waals surface area (Å²) in [4.78, 5) is 0. The molecule has 22 heavy (non-hydrogen) atoms. The number of halogens is 5. The molecule has 5 nitrogen and oxygen atoms in total. The van der Waals surface area contributed by atoms with Crippen LogP contribution < -0.4 is 5.32 Å². The lowest BCUT2D eigenvalue weighted by Gasteiger charge is -2.32. The molecule has 2 atom stereocenters. The first kappa shape index (κ1) is 15.9. The predicted molar refractivity (Wildman–Crippen MR) is 78.3 cm³/mol. The Morgan fingerprint density at radius 2 is 2.14 bits per heavy atom. The van der Waals surface area contributed by atoms with E-state index in [1.165, 1.54) is 0 Å². The molecule has 0 aromatic carbocycles. The van der Waals surface area contributed by atoms with Gasteiger partial charge in [0.25, 0.3) is 0 Å². The minimum absolute atomic E-state index is 0.151. The smallest absolute Gasteiger partial charge is 0.410 e. The largest absolute Gasteiger partial charge is 0.452 e. The summed E-state index contributed by atoms with van der Waals surface area (Å²) in [5.41, 5.74) is 0.151. The first-order valence-electron chi connectivity index (χ1n) is 6.27. The van der Waals surface area contributed by atoms with Crippen LogP contribution in [0.3, 0.4) is 0 Å². The minimum atomic E-state index is -4.46. The molecule has 0 saturated carbocycles. The van der Waals surface area contributed by atoms with Crippen molar-refractivity contribution in [2.45, 2.75) is 31.3 Å². The first-order chi connectivity index (χ1) is 10.3. The Morgan fingerprint density at radius 1 is 1.41 bits per heavy atom. The highest BCUT2D eigenvalue weighted by Crippen LogP contribution is 2.46. The van der Waals surface area contributed by atoms with E-state index in [4.69, 9.17) is 4.42 Å². The van der Waals surface area contributed by atoms with Crippen LogP contribution in [-0.4, -0.2) is 21.1 Å². The molecular formula is C12H10Br2F3N3O2. The normalized spacial score (nSPS) is 21.5. The number of hydrogen-bond donors (Lipinski definition) is 2. The van der Waals surface area contributed by atoms with E-state index in [2.05, 4.69) is 42.3 Å². The number of nitrogens with one attached hydrogen (secondary N) is 1. The summed E-state index contributed by atoms with van der Waals surface area (Å²) in [6.07, 6.45) is -4.72. The van der Waals surface area contributed by atoms with Crippen molar-refractivity contribution in [2.24, 2.45) is 0 Å². The third kappa shape index (κ3) is 2.67. The average molecular weight is 445 g/mol. The Hall–Kier alpha value is -1.00. The second kappa shape index (κ2) is 5.57. The zero-order valence-corrected chi connectivity index (χ0v) is 14.0. The van der Waals surface area contributed by atoms with Crippen LogP contribution in [0, 0.1) is 0 Å². The van der Waals surface area contributed by atoms with Crippen LogP contribution in [0.25, 0.3) is 0 Å². The van der Waals surface area contributed by atoms with Gasteiger partial charge in [-0.2, -0.15) is 18.3 Å². The van der Waals surface area contributed by atoms with Crippen molar-refractivity contribution >= 4 is 37.7 Å². The molecule has 0 unspecified atom stereocenters. The van der Waals surface area contributed by atoms with Crippen LogP contribution >= 0.6 is 31.9 Å². The van der Waals surface area contributed by atoms with Crippen LogP contribution in [0.1, 0.15) is 30.0 Å². The van der Waals surface area contributed by atoms with Crippen LogP contribution in [0.2, 0.25) is 0 Å². The van der Waals surface area contributed by atoms with E-state index < -0.39 is 24.9 Å².